The summed E-state index contributed by atoms with van der Waals surface area (Å²) in [6.45, 7) is 21.9. The zero-order valence-electron chi connectivity index (χ0n) is 25.8. The molecule has 4 fully saturated rings. The molecular weight excluding hydrogens is 493 g/mol. The van der Waals surface area contributed by atoms with Gasteiger partial charge in [-0.2, -0.15) is 0 Å². The van der Waals surface area contributed by atoms with Gasteiger partial charge >= 0.3 is 5.97 Å². The lowest BCUT2D eigenvalue weighted by molar-refractivity contribution is -0.166. The lowest BCUT2D eigenvalue weighted by Gasteiger charge is -2.63. The Morgan fingerprint density at radius 3 is 2.08 bits per heavy atom. The van der Waals surface area contributed by atoms with Gasteiger partial charge in [0.1, 0.15) is 0 Å². The molecule has 4 saturated carbocycles. The highest BCUT2D eigenvalue weighted by atomic mass is 28.4. The summed E-state index contributed by atoms with van der Waals surface area (Å²) in [5.41, 5.74) is 0.782. The smallest absolute Gasteiger partial charge is 0.305 e. The SMILES string of the molecule is COC(=O)CCC(C)C1CCC2C3C[C@H](O[Si](C)(C)C)[C@@H]4C[C@H](O[Si](C)(C)C)CCC4(C)C3CCC12C. The van der Waals surface area contributed by atoms with Crippen molar-refractivity contribution in [1.29, 1.82) is 0 Å². The van der Waals surface area contributed by atoms with E-state index >= 15 is 0 Å². The highest BCUT2D eigenvalue weighted by Gasteiger charge is 2.63. The fraction of sp³-hybridized carbons (Fsp3) is 0.968. The average molecular weight is 551 g/mol. The Morgan fingerprint density at radius 2 is 1.46 bits per heavy atom. The maximum Gasteiger partial charge on any atom is 0.305 e. The van der Waals surface area contributed by atoms with E-state index in [4.69, 9.17) is 13.6 Å². The summed E-state index contributed by atoms with van der Waals surface area (Å²) < 4.78 is 18.8. The number of esters is 1. The molecule has 214 valence electrons. The van der Waals surface area contributed by atoms with Crippen molar-refractivity contribution >= 4 is 22.6 Å². The van der Waals surface area contributed by atoms with Gasteiger partial charge in [-0.1, -0.05) is 20.8 Å². The van der Waals surface area contributed by atoms with Crippen LogP contribution in [0.3, 0.4) is 0 Å². The van der Waals surface area contributed by atoms with Gasteiger partial charge in [0.05, 0.1) is 7.11 Å². The number of carbonyl (C=O) groups excluding carboxylic acids is 1. The highest BCUT2D eigenvalue weighted by Crippen LogP contribution is 2.69. The summed E-state index contributed by atoms with van der Waals surface area (Å²) in [4.78, 5) is 11.9. The summed E-state index contributed by atoms with van der Waals surface area (Å²) in [7, 11) is -1.70. The summed E-state index contributed by atoms with van der Waals surface area (Å²) in [5.74, 6) is 4.31. The largest absolute Gasteiger partial charge is 0.469 e. The van der Waals surface area contributed by atoms with E-state index in [0.717, 1.165) is 30.1 Å². The van der Waals surface area contributed by atoms with Crippen LogP contribution >= 0.6 is 0 Å². The Hall–Kier alpha value is -0.176. The van der Waals surface area contributed by atoms with E-state index < -0.39 is 16.6 Å². The monoisotopic (exact) mass is 550 g/mol. The van der Waals surface area contributed by atoms with E-state index in [1.165, 1.54) is 58.5 Å². The molecule has 37 heavy (non-hydrogen) atoms. The Morgan fingerprint density at radius 1 is 0.838 bits per heavy atom. The highest BCUT2D eigenvalue weighted by molar-refractivity contribution is 6.70. The molecule has 7 unspecified atom stereocenters. The first-order valence-corrected chi connectivity index (χ1v) is 22.3. The van der Waals surface area contributed by atoms with Crippen LogP contribution in [0, 0.1) is 46.3 Å². The Labute approximate surface area is 230 Å². The van der Waals surface area contributed by atoms with Crippen LogP contribution < -0.4 is 0 Å². The van der Waals surface area contributed by atoms with E-state index in [1.54, 1.807) is 0 Å². The van der Waals surface area contributed by atoms with Gasteiger partial charge in [0.2, 0.25) is 0 Å². The van der Waals surface area contributed by atoms with Crippen LogP contribution in [0.25, 0.3) is 0 Å². The molecule has 0 saturated heterocycles. The second-order valence-corrected chi connectivity index (χ2v) is 24.9. The van der Waals surface area contributed by atoms with Gasteiger partial charge in [-0.15, -0.1) is 0 Å². The first-order valence-electron chi connectivity index (χ1n) is 15.5. The first kappa shape index (κ1) is 29.8. The standard InChI is InChI=1S/C31H58O4Si2/c1-21(11-14-29(32)33-4)24-12-13-25-23-20-28(35-37(8,9)10)27-19-22(34-36(5,6)7)15-17-31(27,3)26(23)16-18-30(24,25)2/h21-28H,11-20H2,1-10H3/t21?,22-,23?,24?,25?,26?,27+,28+,30?,31?/m1/s1. The summed E-state index contributed by atoms with van der Waals surface area (Å²) in [6, 6.07) is 0. The normalized spacial score (nSPS) is 42.9. The predicted molar refractivity (Wildman–Crippen MR) is 157 cm³/mol. The Balaban J connectivity index is 1.57. The maximum absolute atomic E-state index is 11.9. The fourth-order valence-electron chi connectivity index (χ4n) is 10.0. The molecule has 0 aliphatic heterocycles. The summed E-state index contributed by atoms with van der Waals surface area (Å²) in [5, 5.41) is 0. The van der Waals surface area contributed by atoms with E-state index in [9.17, 15) is 4.79 Å². The molecular formula is C31H58O4Si2. The molecule has 0 spiro atoms. The molecule has 0 heterocycles. The van der Waals surface area contributed by atoms with Gasteiger partial charge in [0.25, 0.3) is 0 Å². The van der Waals surface area contributed by atoms with Crippen LogP contribution in [0.2, 0.25) is 39.3 Å². The molecule has 0 bridgehead atoms. The van der Waals surface area contributed by atoms with Gasteiger partial charge in [-0.25, -0.2) is 0 Å². The second-order valence-electron chi connectivity index (χ2n) is 15.9. The van der Waals surface area contributed by atoms with Crippen LogP contribution in [0.15, 0.2) is 0 Å². The van der Waals surface area contributed by atoms with E-state index in [0.29, 0.717) is 41.3 Å². The first-order chi connectivity index (χ1) is 17.1. The molecule has 0 radical (unpaired) electrons. The molecule has 4 aliphatic carbocycles. The van der Waals surface area contributed by atoms with Gasteiger partial charge < -0.3 is 13.6 Å². The third-order valence-electron chi connectivity index (χ3n) is 11.4. The molecule has 4 rings (SSSR count). The topological polar surface area (TPSA) is 44.8 Å². The van der Waals surface area contributed by atoms with Crippen molar-refractivity contribution in [2.24, 2.45) is 46.3 Å². The number of methoxy groups -OCH3 is 1. The zero-order chi connectivity index (χ0) is 27.4. The molecule has 10 atom stereocenters. The Kier molecular flexibility index (Phi) is 8.59. The van der Waals surface area contributed by atoms with E-state index in [2.05, 4.69) is 60.1 Å². The number of carbonyl (C=O) groups is 1. The predicted octanol–water partition coefficient (Wildman–Crippen LogP) is 8.28. The Bertz CT molecular complexity index is 819. The van der Waals surface area contributed by atoms with Crippen molar-refractivity contribution in [1.82, 2.24) is 0 Å². The quantitative estimate of drug-likeness (QED) is 0.225. The maximum atomic E-state index is 11.9. The van der Waals surface area contributed by atoms with Gasteiger partial charge in [-0.3, -0.25) is 4.79 Å². The lowest BCUT2D eigenvalue weighted by Crippen LogP contribution is -2.60. The third kappa shape index (κ3) is 6.12. The van der Waals surface area contributed by atoms with Crippen molar-refractivity contribution in [3.05, 3.63) is 0 Å². The lowest BCUT2D eigenvalue weighted by atomic mass is 9.43. The molecule has 0 aromatic rings. The molecule has 0 amide bonds. The van der Waals surface area contributed by atoms with Crippen LogP contribution in [0.4, 0.5) is 0 Å². The number of hydrogen-bond acceptors (Lipinski definition) is 4. The minimum atomic E-state index is -1.66. The van der Waals surface area contributed by atoms with Crippen LogP contribution in [0.1, 0.15) is 85.0 Å². The van der Waals surface area contributed by atoms with Gasteiger partial charge in [0.15, 0.2) is 16.6 Å². The van der Waals surface area contributed by atoms with Crippen molar-refractivity contribution in [3.63, 3.8) is 0 Å². The molecule has 4 aliphatic rings. The minimum absolute atomic E-state index is 0.0541. The number of hydrogen-bond donors (Lipinski definition) is 0. The fourth-order valence-corrected chi connectivity index (χ4v) is 12.4. The molecule has 0 aromatic heterocycles. The van der Waals surface area contributed by atoms with Crippen LogP contribution in [-0.2, 0) is 18.4 Å². The van der Waals surface area contributed by atoms with Crippen LogP contribution in [-0.4, -0.2) is 41.9 Å². The van der Waals surface area contributed by atoms with Crippen molar-refractivity contribution in [2.45, 2.75) is 136 Å². The molecule has 0 N–H and O–H groups in total. The van der Waals surface area contributed by atoms with Crippen molar-refractivity contribution in [3.8, 4) is 0 Å². The van der Waals surface area contributed by atoms with Crippen molar-refractivity contribution in [2.75, 3.05) is 7.11 Å². The van der Waals surface area contributed by atoms with Crippen LogP contribution in [0.5, 0.6) is 0 Å². The van der Waals surface area contributed by atoms with E-state index in [1.807, 2.05) is 0 Å². The van der Waals surface area contributed by atoms with Gasteiger partial charge in [0, 0.05) is 18.6 Å². The average Bonchev–Trinajstić information content (AvgIpc) is 3.13. The number of rotatable bonds is 8. The molecule has 0 aromatic carbocycles. The summed E-state index contributed by atoms with van der Waals surface area (Å²) >= 11 is 0. The zero-order valence-corrected chi connectivity index (χ0v) is 27.8. The number of fused-ring (bicyclic) bond motifs is 5. The summed E-state index contributed by atoms with van der Waals surface area (Å²) in [6.07, 6.45) is 12.8. The molecule has 6 heteroatoms. The minimum Gasteiger partial charge on any atom is -0.469 e. The van der Waals surface area contributed by atoms with Gasteiger partial charge in [-0.05, 0) is 143 Å². The van der Waals surface area contributed by atoms with Crippen molar-refractivity contribution < 1.29 is 18.4 Å². The van der Waals surface area contributed by atoms with E-state index in [-0.39, 0.29) is 5.97 Å². The number of ether oxygens (including phenoxy) is 1. The second kappa shape index (κ2) is 10.7. The molecule has 4 nitrogen and oxygen atoms in total. The third-order valence-corrected chi connectivity index (χ3v) is 13.5.